The highest BCUT2D eigenvalue weighted by molar-refractivity contribution is 4.98. The second-order valence-electron chi connectivity index (χ2n) is 0.688. The summed E-state index contributed by atoms with van der Waals surface area (Å²) in [6.45, 7) is -0.0422. The fourth-order valence-electron chi connectivity index (χ4n) is 0.118. The van der Waals surface area contributed by atoms with Gasteiger partial charge in [-0.25, -0.2) is 5.73 Å². The van der Waals surface area contributed by atoms with E-state index in [0.717, 1.165) is 0 Å². The van der Waals surface area contributed by atoms with Crippen LogP contribution in [-0.4, -0.2) is 18.3 Å². The van der Waals surface area contributed by atoms with Crippen molar-refractivity contribution < 1.29 is 5.11 Å². The lowest BCUT2D eigenvalue weighted by atomic mass is 10.6. The molecule has 0 amide bonds. The van der Waals surface area contributed by atoms with Crippen molar-refractivity contribution in [3.63, 3.8) is 0 Å². The molecule has 2 N–H and O–H groups in total. The predicted molar refractivity (Wildman–Crippen MR) is 22.8 cm³/mol. The van der Waals surface area contributed by atoms with Gasteiger partial charge >= 0.3 is 0 Å². The lowest BCUT2D eigenvalue weighted by molar-refractivity contribution is 0.350. The summed E-state index contributed by atoms with van der Waals surface area (Å²) in [6, 6.07) is 0. The number of aliphatic hydroxyl groups excluding tert-OH is 1. The molecule has 6 heavy (non-hydrogen) atoms. The second kappa shape index (κ2) is 4.48. The van der Waals surface area contributed by atoms with Gasteiger partial charge in [-0.15, -0.1) is 0 Å². The van der Waals surface area contributed by atoms with Gasteiger partial charge in [0, 0.05) is 0 Å². The van der Waals surface area contributed by atoms with Crippen LogP contribution >= 0.6 is 0 Å². The Morgan fingerprint density at radius 1 is 1.50 bits per heavy atom. The van der Waals surface area contributed by atoms with Crippen LogP contribution in [0.4, 0.5) is 0 Å². The molecule has 2 nitrogen and oxygen atoms in total. The Morgan fingerprint density at radius 2 is 2.17 bits per heavy atom. The first-order chi connectivity index (χ1) is 2.91. The Labute approximate surface area is 37.0 Å². The fourth-order valence-corrected chi connectivity index (χ4v) is 0.118. The van der Waals surface area contributed by atoms with Gasteiger partial charge in [0.05, 0.1) is 6.54 Å². The highest BCUT2D eigenvalue weighted by Crippen LogP contribution is 1.47. The number of nitrogens with one attached hydrogen (secondary N) is 1. The highest BCUT2D eigenvalue weighted by atomic mass is 16.2. The summed E-state index contributed by atoms with van der Waals surface area (Å²) in [5, 5.41) is 7.94. The lowest BCUT2D eigenvalue weighted by Gasteiger charge is -1.66. The maximum absolute atomic E-state index is 7.94. The summed E-state index contributed by atoms with van der Waals surface area (Å²) in [4.78, 5) is 0. The maximum Gasteiger partial charge on any atom is 0.104 e. The van der Waals surface area contributed by atoms with Crippen LogP contribution < -0.4 is 5.73 Å². The van der Waals surface area contributed by atoms with E-state index in [4.69, 9.17) is 10.8 Å². The van der Waals surface area contributed by atoms with Crippen LogP contribution in [0.5, 0.6) is 0 Å². The van der Waals surface area contributed by atoms with Gasteiger partial charge < -0.3 is 5.11 Å². The van der Waals surface area contributed by atoms with Crippen LogP contribution in [0.2, 0.25) is 0 Å². The van der Waals surface area contributed by atoms with Gasteiger partial charge in [-0.05, 0) is 0 Å². The Morgan fingerprint density at radius 3 is 2.33 bits per heavy atom. The number of rotatable bonds is 0. The van der Waals surface area contributed by atoms with E-state index >= 15 is 0 Å². The molecule has 0 aromatic carbocycles. The second-order valence-corrected chi connectivity index (χ2v) is 0.688. The maximum atomic E-state index is 7.94. The van der Waals surface area contributed by atoms with Crippen molar-refractivity contribution in [1.82, 2.24) is 5.73 Å². The van der Waals surface area contributed by atoms with Crippen molar-refractivity contribution in [2.75, 3.05) is 13.2 Å². The number of aliphatic hydroxyl groups is 1. The molecule has 0 saturated heterocycles. The van der Waals surface area contributed by atoms with E-state index in [2.05, 4.69) is 11.8 Å². The molecule has 2 heteroatoms. The van der Waals surface area contributed by atoms with E-state index in [1.165, 1.54) is 0 Å². The van der Waals surface area contributed by atoms with Crippen molar-refractivity contribution in [2.45, 2.75) is 0 Å². The molecule has 0 aliphatic carbocycles. The minimum absolute atomic E-state index is 0.0839. The van der Waals surface area contributed by atoms with Gasteiger partial charge in [-0.1, -0.05) is 11.8 Å². The molecule has 0 heterocycles. The molecule has 0 atom stereocenters. The molecule has 0 aromatic rings. The summed E-state index contributed by atoms with van der Waals surface area (Å²) >= 11 is 0. The SMILES string of the molecule is [NH]CC#CCO. The third-order valence-electron chi connectivity index (χ3n) is 0.292. The molecule has 0 unspecified atom stereocenters. The average Bonchev–Trinajstić information content (AvgIpc) is 1.61. The van der Waals surface area contributed by atoms with Gasteiger partial charge in [-0.2, -0.15) is 0 Å². The van der Waals surface area contributed by atoms with Gasteiger partial charge in [0.25, 0.3) is 0 Å². The zero-order valence-electron chi connectivity index (χ0n) is 3.36. The smallest absolute Gasteiger partial charge is 0.104 e. The Hall–Kier alpha value is -0.520. The van der Waals surface area contributed by atoms with Crippen molar-refractivity contribution in [1.29, 1.82) is 0 Å². The van der Waals surface area contributed by atoms with E-state index in [-0.39, 0.29) is 13.2 Å². The summed E-state index contributed by atoms with van der Waals surface area (Å²) in [5.74, 6) is 4.68. The van der Waals surface area contributed by atoms with Crippen LogP contribution in [-0.2, 0) is 0 Å². The molecule has 33 valence electrons. The molecular formula is C4H6NO. The summed E-state index contributed by atoms with van der Waals surface area (Å²) in [5.41, 5.74) is 6.42. The first-order valence-corrected chi connectivity index (χ1v) is 1.63. The largest absolute Gasteiger partial charge is 0.384 e. The van der Waals surface area contributed by atoms with Crippen LogP contribution in [0.1, 0.15) is 0 Å². The normalized spacial score (nSPS) is 6.33. The third-order valence-corrected chi connectivity index (χ3v) is 0.292. The standard InChI is InChI=1S/C4H6NO/c5-3-1-2-4-6/h5-6H,3-4H2. The zero-order chi connectivity index (χ0) is 4.83. The van der Waals surface area contributed by atoms with Crippen molar-refractivity contribution in [3.05, 3.63) is 0 Å². The van der Waals surface area contributed by atoms with Crippen molar-refractivity contribution in [2.24, 2.45) is 0 Å². The fraction of sp³-hybridized carbons (Fsp3) is 0.500. The van der Waals surface area contributed by atoms with Crippen LogP contribution in [0.3, 0.4) is 0 Å². The molecule has 0 fully saturated rings. The number of hydrogen-bond acceptors (Lipinski definition) is 1. The average molecular weight is 84.1 g/mol. The molecule has 1 radical (unpaired) electrons. The monoisotopic (exact) mass is 84.0 g/mol. The van der Waals surface area contributed by atoms with Crippen LogP contribution in [0, 0.1) is 11.8 Å². The topological polar surface area (TPSA) is 44.0 Å². The minimum Gasteiger partial charge on any atom is -0.384 e. The van der Waals surface area contributed by atoms with E-state index < -0.39 is 0 Å². The lowest BCUT2D eigenvalue weighted by Crippen LogP contribution is -1.77. The quantitative estimate of drug-likeness (QED) is 0.386. The van der Waals surface area contributed by atoms with E-state index in [0.29, 0.717) is 0 Å². The molecule has 0 aromatic heterocycles. The summed E-state index contributed by atoms with van der Waals surface area (Å²) in [6.07, 6.45) is 0. The first-order valence-electron chi connectivity index (χ1n) is 1.63. The van der Waals surface area contributed by atoms with E-state index in [1.807, 2.05) is 0 Å². The molecule has 0 saturated carbocycles. The molecule has 0 aliphatic heterocycles. The minimum atomic E-state index is -0.126. The Balaban J connectivity index is 2.90. The first kappa shape index (κ1) is 5.48. The summed E-state index contributed by atoms with van der Waals surface area (Å²) in [7, 11) is 0. The zero-order valence-corrected chi connectivity index (χ0v) is 3.36. The molecule has 0 bridgehead atoms. The van der Waals surface area contributed by atoms with E-state index in [1.54, 1.807) is 0 Å². The van der Waals surface area contributed by atoms with Crippen molar-refractivity contribution >= 4 is 0 Å². The van der Waals surface area contributed by atoms with Crippen LogP contribution in [0.25, 0.3) is 0 Å². The molecular weight excluding hydrogens is 78.0 g/mol. The highest BCUT2D eigenvalue weighted by Gasteiger charge is 1.56. The van der Waals surface area contributed by atoms with Gasteiger partial charge in [0.2, 0.25) is 0 Å². The van der Waals surface area contributed by atoms with Gasteiger partial charge in [0.1, 0.15) is 6.61 Å². The Bertz CT molecular complexity index is 61.4. The molecule has 0 rings (SSSR count). The third kappa shape index (κ3) is 3.48. The van der Waals surface area contributed by atoms with Gasteiger partial charge in [0.15, 0.2) is 0 Å². The molecule has 0 aliphatic rings. The molecule has 0 spiro atoms. The number of hydrogen-bond donors (Lipinski definition) is 1. The van der Waals surface area contributed by atoms with Crippen LogP contribution in [0.15, 0.2) is 0 Å². The van der Waals surface area contributed by atoms with Crippen molar-refractivity contribution in [3.8, 4) is 11.8 Å². The predicted octanol–water partition coefficient (Wildman–Crippen LogP) is -0.735. The summed E-state index contributed by atoms with van der Waals surface area (Å²) < 4.78 is 0. The van der Waals surface area contributed by atoms with Gasteiger partial charge in [-0.3, -0.25) is 0 Å². The Kier molecular flexibility index (Phi) is 4.09. The van der Waals surface area contributed by atoms with E-state index in [9.17, 15) is 0 Å².